The van der Waals surface area contributed by atoms with Crippen LogP contribution in [0.4, 0.5) is 17.1 Å². The van der Waals surface area contributed by atoms with Crippen LogP contribution in [0.15, 0.2) is 82.6 Å². The number of benzene rings is 3. The standard InChI is InChI=1S/C22H22N2OS/c1-16-10-12-17(13-11-16)23-14-18(25)15-24-19-6-2-4-8-21(19)26-22-9-5-3-7-20(22)24/h2-13,18,23,25H,14-15H2,1H3/p+1. The van der Waals surface area contributed by atoms with Crippen LogP contribution < -0.4 is 10.2 Å². The van der Waals surface area contributed by atoms with Crippen LogP contribution in [0.2, 0.25) is 0 Å². The zero-order valence-corrected chi connectivity index (χ0v) is 15.6. The van der Waals surface area contributed by atoms with Gasteiger partial charge in [-0.3, -0.25) is 0 Å². The molecule has 0 spiro atoms. The Kier molecular flexibility index (Phi) is 4.98. The number of hydrogen-bond acceptors (Lipinski definition) is 3. The first-order valence-corrected chi connectivity index (χ1v) is 9.74. The van der Waals surface area contributed by atoms with Crippen LogP contribution in [0.25, 0.3) is 0 Å². The maximum Gasteiger partial charge on any atom is 0.129 e. The molecule has 1 heterocycles. The Balaban J connectivity index is 1.51. The molecule has 3 aromatic carbocycles. The van der Waals surface area contributed by atoms with E-state index in [1.165, 1.54) is 26.7 Å². The molecule has 0 aromatic heterocycles. The summed E-state index contributed by atoms with van der Waals surface area (Å²) < 4.78 is 0. The Morgan fingerprint density at radius 1 is 0.885 bits per heavy atom. The molecule has 1 aliphatic rings. The van der Waals surface area contributed by atoms with Gasteiger partial charge in [0.15, 0.2) is 0 Å². The maximum atomic E-state index is 10.7. The summed E-state index contributed by atoms with van der Waals surface area (Å²) in [6.45, 7) is 3.30. The number of aliphatic hydroxyl groups is 1. The molecule has 4 heteroatoms. The molecule has 1 unspecified atom stereocenters. The van der Waals surface area contributed by atoms with Crippen molar-refractivity contribution in [3.8, 4) is 0 Å². The zero-order chi connectivity index (χ0) is 17.9. The minimum absolute atomic E-state index is 0.430. The summed E-state index contributed by atoms with van der Waals surface area (Å²) in [6, 6.07) is 25.2. The van der Waals surface area contributed by atoms with Gasteiger partial charge in [0.2, 0.25) is 0 Å². The van der Waals surface area contributed by atoms with Gasteiger partial charge in [-0.05, 0) is 43.3 Å². The molecule has 0 radical (unpaired) electrons. The average molecular weight is 364 g/mol. The summed E-state index contributed by atoms with van der Waals surface area (Å²) in [7, 11) is 0. The number of β-amino-alcohol motifs (C(OH)–C–C–N with tert-alkyl or cyclic N) is 1. The van der Waals surface area contributed by atoms with Gasteiger partial charge in [-0.1, -0.05) is 53.7 Å². The minimum Gasteiger partial charge on any atom is -0.385 e. The van der Waals surface area contributed by atoms with E-state index >= 15 is 0 Å². The number of hydrogen-bond donors (Lipinski definition) is 2. The van der Waals surface area contributed by atoms with Gasteiger partial charge < -0.3 is 15.3 Å². The summed E-state index contributed by atoms with van der Waals surface area (Å²) in [5.41, 5.74) is 4.75. The van der Waals surface area contributed by atoms with E-state index in [0.29, 0.717) is 13.1 Å². The minimum atomic E-state index is -0.430. The fourth-order valence-electron chi connectivity index (χ4n) is 3.24. The summed E-state index contributed by atoms with van der Waals surface area (Å²) in [4.78, 5) is 4.72. The molecule has 0 saturated heterocycles. The molecular formula is C22H23N2OS+. The molecule has 26 heavy (non-hydrogen) atoms. The van der Waals surface area contributed by atoms with Gasteiger partial charge in [-0.2, -0.15) is 0 Å². The lowest BCUT2D eigenvalue weighted by Crippen LogP contribution is -2.81. The molecule has 0 aliphatic carbocycles. The van der Waals surface area contributed by atoms with E-state index in [9.17, 15) is 5.11 Å². The van der Waals surface area contributed by atoms with Gasteiger partial charge in [-0.15, -0.1) is 0 Å². The highest BCUT2D eigenvalue weighted by molar-refractivity contribution is 7.99. The van der Waals surface area contributed by atoms with Crippen LogP contribution in [0.3, 0.4) is 0 Å². The fourth-order valence-corrected chi connectivity index (χ4v) is 4.33. The van der Waals surface area contributed by atoms with Gasteiger partial charge in [0, 0.05) is 9.79 Å². The molecule has 1 atom stereocenters. The van der Waals surface area contributed by atoms with Gasteiger partial charge in [0.1, 0.15) is 18.3 Å². The highest BCUT2D eigenvalue weighted by Gasteiger charge is 2.25. The Labute approximate surface area is 158 Å². The molecule has 4 rings (SSSR count). The highest BCUT2D eigenvalue weighted by Crippen LogP contribution is 2.47. The molecule has 0 bridgehead atoms. The molecule has 132 valence electrons. The van der Waals surface area contributed by atoms with Gasteiger partial charge in [-0.25, -0.2) is 0 Å². The number of nitrogens with two attached hydrogens (primary N) is 1. The van der Waals surface area contributed by atoms with E-state index in [1.54, 1.807) is 11.8 Å². The summed E-state index contributed by atoms with van der Waals surface area (Å²) in [5.74, 6) is 0. The second kappa shape index (κ2) is 7.54. The topological polar surface area (TPSA) is 40.1 Å². The van der Waals surface area contributed by atoms with Crippen molar-refractivity contribution >= 4 is 28.8 Å². The number of aliphatic hydroxyl groups excluding tert-OH is 1. The Morgan fingerprint density at radius 3 is 2.08 bits per heavy atom. The van der Waals surface area contributed by atoms with Crippen molar-refractivity contribution in [1.29, 1.82) is 0 Å². The number of nitrogens with zero attached hydrogens (tertiary/aromatic N) is 1. The predicted octanol–water partition coefficient (Wildman–Crippen LogP) is 3.85. The van der Waals surface area contributed by atoms with Crippen molar-refractivity contribution in [1.82, 2.24) is 0 Å². The van der Waals surface area contributed by atoms with E-state index in [2.05, 4.69) is 89.9 Å². The summed E-state index contributed by atoms with van der Waals surface area (Å²) in [6.07, 6.45) is -0.430. The highest BCUT2D eigenvalue weighted by atomic mass is 32.2. The largest absolute Gasteiger partial charge is 0.385 e. The van der Waals surface area contributed by atoms with Crippen LogP contribution in [0.5, 0.6) is 0 Å². The monoisotopic (exact) mass is 363 g/mol. The molecule has 0 fully saturated rings. The third-order valence-corrected chi connectivity index (χ3v) is 5.76. The molecule has 0 amide bonds. The van der Waals surface area contributed by atoms with Crippen molar-refractivity contribution in [3.05, 3.63) is 78.4 Å². The van der Waals surface area contributed by atoms with Crippen molar-refractivity contribution < 1.29 is 10.4 Å². The molecular weight excluding hydrogens is 340 g/mol. The molecule has 0 saturated carbocycles. The normalized spacial score (nSPS) is 13.8. The molecule has 3 nitrogen and oxygen atoms in total. The van der Waals surface area contributed by atoms with Crippen molar-refractivity contribution in [2.24, 2.45) is 0 Å². The van der Waals surface area contributed by atoms with Crippen LogP contribution in [-0.4, -0.2) is 24.3 Å². The maximum absolute atomic E-state index is 10.7. The lowest BCUT2D eigenvalue weighted by molar-refractivity contribution is -0.579. The van der Waals surface area contributed by atoms with E-state index in [-0.39, 0.29) is 0 Å². The van der Waals surface area contributed by atoms with E-state index in [1.807, 2.05) is 0 Å². The van der Waals surface area contributed by atoms with E-state index < -0.39 is 6.10 Å². The summed E-state index contributed by atoms with van der Waals surface area (Å²) in [5, 5.41) is 12.8. The second-order valence-corrected chi connectivity index (χ2v) is 7.74. The Hall–Kier alpha value is -2.27. The fraction of sp³-hybridized carbons (Fsp3) is 0.182. The smallest absolute Gasteiger partial charge is 0.129 e. The van der Waals surface area contributed by atoms with Crippen molar-refractivity contribution in [2.45, 2.75) is 22.8 Å². The lowest BCUT2D eigenvalue weighted by Gasteiger charge is -2.33. The summed E-state index contributed by atoms with van der Waals surface area (Å²) >= 11 is 1.79. The predicted molar refractivity (Wildman–Crippen MR) is 108 cm³/mol. The number of anilines is 2. The molecule has 3 N–H and O–H groups in total. The van der Waals surface area contributed by atoms with Gasteiger partial charge in [0.25, 0.3) is 0 Å². The first-order chi connectivity index (χ1) is 12.7. The van der Waals surface area contributed by atoms with Gasteiger partial charge >= 0.3 is 0 Å². The third kappa shape index (κ3) is 3.63. The SMILES string of the molecule is Cc1ccc([NH2+]CC(O)CN2c3ccccc3Sc3ccccc32)cc1. The van der Waals surface area contributed by atoms with Crippen LogP contribution in [-0.2, 0) is 0 Å². The van der Waals surface area contributed by atoms with Crippen LogP contribution in [0.1, 0.15) is 5.56 Å². The number of fused-ring (bicyclic) bond motifs is 2. The first-order valence-electron chi connectivity index (χ1n) is 8.92. The Bertz CT molecular complexity index is 849. The zero-order valence-electron chi connectivity index (χ0n) is 14.8. The van der Waals surface area contributed by atoms with E-state index in [0.717, 1.165) is 5.69 Å². The number of rotatable bonds is 5. The second-order valence-electron chi connectivity index (χ2n) is 6.65. The van der Waals surface area contributed by atoms with Crippen LogP contribution in [0, 0.1) is 6.92 Å². The quantitative estimate of drug-likeness (QED) is 0.677. The van der Waals surface area contributed by atoms with Crippen molar-refractivity contribution in [2.75, 3.05) is 18.0 Å². The van der Waals surface area contributed by atoms with Crippen LogP contribution >= 0.6 is 11.8 Å². The number of para-hydroxylation sites is 2. The molecule has 3 aromatic rings. The van der Waals surface area contributed by atoms with E-state index in [4.69, 9.17) is 0 Å². The van der Waals surface area contributed by atoms with Crippen molar-refractivity contribution in [3.63, 3.8) is 0 Å². The first kappa shape index (κ1) is 17.2. The lowest BCUT2D eigenvalue weighted by atomic mass is 10.2. The van der Waals surface area contributed by atoms with Gasteiger partial charge in [0.05, 0.1) is 17.9 Å². The number of quaternary nitrogens is 1. The Morgan fingerprint density at radius 2 is 1.46 bits per heavy atom. The number of aryl methyl sites for hydroxylation is 1. The third-order valence-electron chi connectivity index (χ3n) is 4.63. The average Bonchev–Trinajstić information content (AvgIpc) is 2.67. The molecule has 1 aliphatic heterocycles.